The fraction of sp³-hybridized carbons (Fsp3) is 0.286. The van der Waals surface area contributed by atoms with Crippen molar-refractivity contribution in [2.24, 2.45) is 5.73 Å². The van der Waals surface area contributed by atoms with Gasteiger partial charge in [0.15, 0.2) is 0 Å². The first-order chi connectivity index (χ1) is 9.08. The van der Waals surface area contributed by atoms with Crippen LogP contribution in [0.1, 0.15) is 40.5 Å². The van der Waals surface area contributed by atoms with E-state index in [0.29, 0.717) is 18.0 Å². The Bertz CT molecular complexity index is 578. The third-order valence-electron chi connectivity index (χ3n) is 2.89. The lowest BCUT2D eigenvalue weighted by Gasteiger charge is -2.12. The van der Waals surface area contributed by atoms with Crippen molar-refractivity contribution in [3.63, 3.8) is 0 Å². The van der Waals surface area contributed by atoms with Crippen LogP contribution in [0.5, 0.6) is 0 Å². The molecule has 1 amide bonds. The molecule has 5 heteroatoms. The maximum atomic E-state index is 11.3. The monoisotopic (exact) mass is 259 g/mol. The van der Waals surface area contributed by atoms with Crippen LogP contribution in [0.25, 0.3) is 0 Å². The van der Waals surface area contributed by atoms with Gasteiger partial charge in [-0.1, -0.05) is 18.2 Å². The van der Waals surface area contributed by atoms with Crippen molar-refractivity contribution in [2.45, 2.75) is 26.4 Å². The molecule has 1 aromatic heterocycles. The molecule has 3 N–H and O–H groups in total. The quantitative estimate of drug-likeness (QED) is 0.859. The number of hydrogen-bond donors (Lipinski definition) is 2. The smallest absolute Gasteiger partial charge is 0.249 e. The Hall–Kier alpha value is -2.14. The summed E-state index contributed by atoms with van der Waals surface area (Å²) in [6.07, 6.45) is 1.69. The van der Waals surface area contributed by atoms with E-state index in [-0.39, 0.29) is 6.04 Å². The molecule has 2 aromatic rings. The zero-order valence-electron chi connectivity index (χ0n) is 11.0. The number of benzene rings is 1. The Labute approximate surface area is 111 Å². The van der Waals surface area contributed by atoms with E-state index in [1.807, 2.05) is 26.0 Å². The summed E-state index contributed by atoms with van der Waals surface area (Å²) in [5, 5.41) is 3.26. The summed E-state index contributed by atoms with van der Waals surface area (Å²) >= 11 is 0. The number of primary amides is 1. The molecule has 1 atom stereocenters. The van der Waals surface area contributed by atoms with Crippen molar-refractivity contribution in [3.8, 4) is 0 Å². The van der Waals surface area contributed by atoms with Crippen LogP contribution in [0.15, 0.2) is 34.9 Å². The van der Waals surface area contributed by atoms with E-state index in [1.165, 1.54) is 0 Å². The zero-order chi connectivity index (χ0) is 13.8. The van der Waals surface area contributed by atoms with E-state index in [9.17, 15) is 4.79 Å². The second kappa shape index (κ2) is 5.67. The number of nitrogens with two attached hydrogens (primary N) is 1. The average Bonchev–Trinajstić information content (AvgIpc) is 2.83. The third kappa shape index (κ3) is 3.20. The lowest BCUT2D eigenvalue weighted by Crippen LogP contribution is -2.21. The highest BCUT2D eigenvalue weighted by Crippen LogP contribution is 2.14. The van der Waals surface area contributed by atoms with Gasteiger partial charge in [0.25, 0.3) is 0 Å². The highest BCUT2D eigenvalue weighted by atomic mass is 16.4. The molecule has 5 nitrogen and oxygen atoms in total. The van der Waals surface area contributed by atoms with E-state index in [1.54, 1.807) is 18.3 Å². The summed E-state index contributed by atoms with van der Waals surface area (Å²) in [4.78, 5) is 15.5. The maximum absolute atomic E-state index is 11.3. The first-order valence-corrected chi connectivity index (χ1v) is 6.11. The number of carbonyl (C=O) groups is 1. The molecule has 0 radical (unpaired) electrons. The molecule has 19 heavy (non-hydrogen) atoms. The lowest BCUT2D eigenvalue weighted by molar-refractivity contribution is 0.0999. The van der Waals surface area contributed by atoms with Gasteiger partial charge in [0, 0.05) is 12.1 Å². The molecule has 0 aliphatic carbocycles. The number of nitrogens with one attached hydrogen (secondary N) is 1. The number of aromatic nitrogens is 1. The van der Waals surface area contributed by atoms with E-state index in [4.69, 9.17) is 10.2 Å². The van der Waals surface area contributed by atoms with Crippen LogP contribution in [-0.4, -0.2) is 10.9 Å². The Morgan fingerprint density at radius 3 is 2.84 bits per heavy atom. The van der Waals surface area contributed by atoms with Gasteiger partial charge in [0.05, 0.1) is 12.2 Å². The van der Waals surface area contributed by atoms with Crippen LogP contribution in [0.4, 0.5) is 0 Å². The molecule has 0 spiro atoms. The molecule has 0 fully saturated rings. The SMILES string of the molecule is Cc1cnc(C(C)NCc2ccccc2C(N)=O)o1. The summed E-state index contributed by atoms with van der Waals surface area (Å²) in [6.45, 7) is 4.34. The van der Waals surface area contributed by atoms with Gasteiger partial charge in [0.1, 0.15) is 5.76 Å². The van der Waals surface area contributed by atoms with Gasteiger partial charge in [-0.2, -0.15) is 0 Å². The topological polar surface area (TPSA) is 81.1 Å². The van der Waals surface area contributed by atoms with E-state index in [0.717, 1.165) is 11.3 Å². The van der Waals surface area contributed by atoms with E-state index >= 15 is 0 Å². The minimum atomic E-state index is -0.419. The molecule has 0 aliphatic rings. The summed E-state index contributed by atoms with van der Waals surface area (Å²) in [7, 11) is 0. The summed E-state index contributed by atoms with van der Waals surface area (Å²) in [5.74, 6) is 0.993. The van der Waals surface area contributed by atoms with Crippen LogP contribution < -0.4 is 11.1 Å². The lowest BCUT2D eigenvalue weighted by atomic mass is 10.1. The first-order valence-electron chi connectivity index (χ1n) is 6.11. The Kier molecular flexibility index (Phi) is 3.97. The van der Waals surface area contributed by atoms with Gasteiger partial charge in [-0.3, -0.25) is 4.79 Å². The number of rotatable bonds is 5. The molecule has 0 bridgehead atoms. The summed E-state index contributed by atoms with van der Waals surface area (Å²) in [6, 6.07) is 7.24. The Morgan fingerprint density at radius 2 is 2.21 bits per heavy atom. The van der Waals surface area contributed by atoms with Gasteiger partial charge >= 0.3 is 0 Å². The maximum Gasteiger partial charge on any atom is 0.249 e. The molecule has 1 unspecified atom stereocenters. The number of hydrogen-bond acceptors (Lipinski definition) is 4. The molecule has 100 valence electrons. The fourth-order valence-corrected chi connectivity index (χ4v) is 1.84. The Morgan fingerprint density at radius 1 is 1.47 bits per heavy atom. The van der Waals surface area contributed by atoms with Crippen LogP contribution >= 0.6 is 0 Å². The van der Waals surface area contributed by atoms with Gasteiger partial charge < -0.3 is 15.5 Å². The highest BCUT2D eigenvalue weighted by molar-refractivity contribution is 5.94. The standard InChI is InChI=1S/C14H17N3O2/c1-9-7-17-14(19-9)10(2)16-8-11-5-3-4-6-12(11)13(15)18/h3-7,10,16H,8H2,1-2H3,(H2,15,18). The molecule has 1 heterocycles. The fourth-order valence-electron chi connectivity index (χ4n) is 1.84. The molecule has 2 rings (SSSR count). The second-order valence-electron chi connectivity index (χ2n) is 4.43. The van der Waals surface area contributed by atoms with E-state index in [2.05, 4.69) is 10.3 Å². The van der Waals surface area contributed by atoms with Crippen molar-refractivity contribution < 1.29 is 9.21 Å². The molecule has 0 aliphatic heterocycles. The van der Waals surface area contributed by atoms with Crippen molar-refractivity contribution >= 4 is 5.91 Å². The average molecular weight is 259 g/mol. The zero-order valence-corrected chi connectivity index (χ0v) is 11.0. The highest BCUT2D eigenvalue weighted by Gasteiger charge is 2.12. The molecular formula is C14H17N3O2. The minimum Gasteiger partial charge on any atom is -0.444 e. The Balaban J connectivity index is 2.05. The van der Waals surface area contributed by atoms with Crippen molar-refractivity contribution in [1.82, 2.24) is 10.3 Å². The molecule has 0 saturated heterocycles. The molecule has 0 saturated carbocycles. The summed E-state index contributed by atoms with van der Waals surface area (Å²) in [5.41, 5.74) is 6.74. The van der Waals surface area contributed by atoms with Crippen molar-refractivity contribution in [2.75, 3.05) is 0 Å². The van der Waals surface area contributed by atoms with E-state index < -0.39 is 5.91 Å². The van der Waals surface area contributed by atoms with Crippen LogP contribution in [0, 0.1) is 6.92 Å². The molecule has 1 aromatic carbocycles. The number of amides is 1. The minimum absolute atomic E-state index is 0.0327. The van der Waals surface area contributed by atoms with Gasteiger partial charge in [-0.15, -0.1) is 0 Å². The van der Waals surface area contributed by atoms with Crippen LogP contribution in [0.2, 0.25) is 0 Å². The normalized spacial score (nSPS) is 12.3. The number of aryl methyl sites for hydroxylation is 1. The predicted octanol–water partition coefficient (Wildman–Crippen LogP) is 1.93. The number of oxazole rings is 1. The van der Waals surface area contributed by atoms with Crippen LogP contribution in [-0.2, 0) is 6.54 Å². The van der Waals surface area contributed by atoms with Gasteiger partial charge in [0.2, 0.25) is 11.8 Å². The van der Waals surface area contributed by atoms with Gasteiger partial charge in [-0.25, -0.2) is 4.98 Å². The van der Waals surface area contributed by atoms with Crippen molar-refractivity contribution in [1.29, 1.82) is 0 Å². The summed E-state index contributed by atoms with van der Waals surface area (Å²) < 4.78 is 5.45. The largest absolute Gasteiger partial charge is 0.444 e. The second-order valence-corrected chi connectivity index (χ2v) is 4.43. The van der Waals surface area contributed by atoms with Crippen molar-refractivity contribution in [3.05, 3.63) is 53.2 Å². The number of nitrogens with zero attached hydrogens (tertiary/aromatic N) is 1. The first kappa shape index (κ1) is 13.3. The predicted molar refractivity (Wildman–Crippen MR) is 71.5 cm³/mol. The third-order valence-corrected chi connectivity index (χ3v) is 2.89. The van der Waals surface area contributed by atoms with Crippen LogP contribution in [0.3, 0.4) is 0 Å². The van der Waals surface area contributed by atoms with Gasteiger partial charge in [-0.05, 0) is 25.5 Å². The number of carbonyl (C=O) groups excluding carboxylic acids is 1. The molecular weight excluding hydrogens is 242 g/mol.